The number of aryl methyl sites for hydroxylation is 1. The summed E-state index contributed by atoms with van der Waals surface area (Å²) in [5.41, 5.74) is 0.738. The lowest BCUT2D eigenvalue weighted by atomic mass is 10.1. The van der Waals surface area contributed by atoms with Gasteiger partial charge in [-0.05, 0) is 12.8 Å². The van der Waals surface area contributed by atoms with Crippen molar-refractivity contribution in [2.75, 3.05) is 18.8 Å². The summed E-state index contributed by atoms with van der Waals surface area (Å²) in [7, 11) is -3.46. The van der Waals surface area contributed by atoms with E-state index in [4.69, 9.17) is 0 Å². The summed E-state index contributed by atoms with van der Waals surface area (Å²) >= 11 is 0. The molecular formula is C12H19N3O4S. The molecule has 7 nitrogen and oxygen atoms in total. The van der Waals surface area contributed by atoms with Crippen LogP contribution in [0.15, 0.2) is 17.0 Å². The number of aromatic nitrogens is 1. The van der Waals surface area contributed by atoms with Gasteiger partial charge in [0.15, 0.2) is 0 Å². The Morgan fingerprint density at radius 3 is 3.00 bits per heavy atom. The molecule has 0 bridgehead atoms. The number of sulfonamides is 1. The van der Waals surface area contributed by atoms with Crippen LogP contribution >= 0.6 is 0 Å². The SMILES string of the molecule is CCCC1C(=O)NCCN1S(=O)(=O)CCc1cnoc1. The smallest absolute Gasteiger partial charge is 0.238 e. The minimum Gasteiger partial charge on any atom is -0.364 e. The van der Waals surface area contributed by atoms with E-state index >= 15 is 0 Å². The number of piperazine rings is 1. The van der Waals surface area contributed by atoms with E-state index in [1.165, 1.54) is 16.8 Å². The first-order valence-electron chi connectivity index (χ1n) is 6.70. The Morgan fingerprint density at radius 1 is 1.55 bits per heavy atom. The highest BCUT2D eigenvalue weighted by atomic mass is 32.2. The molecule has 2 heterocycles. The Kier molecular flexibility index (Phi) is 4.77. The molecule has 112 valence electrons. The van der Waals surface area contributed by atoms with Crippen LogP contribution in [-0.4, -0.2) is 48.7 Å². The molecule has 1 aliphatic heterocycles. The highest BCUT2D eigenvalue weighted by molar-refractivity contribution is 7.89. The molecule has 1 saturated heterocycles. The van der Waals surface area contributed by atoms with Gasteiger partial charge in [-0.2, -0.15) is 4.31 Å². The molecule has 8 heteroatoms. The zero-order chi connectivity index (χ0) is 14.6. The van der Waals surface area contributed by atoms with Gasteiger partial charge in [-0.1, -0.05) is 18.5 Å². The maximum Gasteiger partial charge on any atom is 0.238 e. The van der Waals surface area contributed by atoms with E-state index < -0.39 is 16.1 Å². The second-order valence-corrected chi connectivity index (χ2v) is 6.85. The van der Waals surface area contributed by atoms with Gasteiger partial charge in [-0.15, -0.1) is 0 Å². The Bertz CT molecular complexity index is 541. The lowest BCUT2D eigenvalue weighted by Gasteiger charge is -2.33. The number of carbonyl (C=O) groups excluding carboxylic acids is 1. The number of hydrogen-bond acceptors (Lipinski definition) is 5. The highest BCUT2D eigenvalue weighted by Crippen LogP contribution is 2.17. The zero-order valence-electron chi connectivity index (χ0n) is 11.4. The molecule has 0 spiro atoms. The van der Waals surface area contributed by atoms with Crippen molar-refractivity contribution < 1.29 is 17.7 Å². The molecule has 2 rings (SSSR count). The number of nitrogens with one attached hydrogen (secondary N) is 1. The van der Waals surface area contributed by atoms with Gasteiger partial charge in [-0.25, -0.2) is 8.42 Å². The molecule has 0 aromatic carbocycles. The molecule has 1 aliphatic rings. The maximum atomic E-state index is 12.4. The third-order valence-electron chi connectivity index (χ3n) is 3.33. The van der Waals surface area contributed by atoms with Gasteiger partial charge in [-0.3, -0.25) is 4.79 Å². The van der Waals surface area contributed by atoms with Crippen LogP contribution in [-0.2, 0) is 21.2 Å². The number of amides is 1. The quantitative estimate of drug-likeness (QED) is 0.807. The van der Waals surface area contributed by atoms with Crippen molar-refractivity contribution in [3.05, 3.63) is 18.0 Å². The summed E-state index contributed by atoms with van der Waals surface area (Å²) in [5.74, 6) is -0.242. The Balaban J connectivity index is 2.07. The third kappa shape index (κ3) is 3.37. The van der Waals surface area contributed by atoms with E-state index in [9.17, 15) is 13.2 Å². The molecule has 20 heavy (non-hydrogen) atoms. The number of carbonyl (C=O) groups is 1. The standard InChI is InChI=1S/C12H19N3O4S/c1-2-3-11-12(16)13-5-6-15(11)20(17,18)7-4-10-8-14-19-9-10/h8-9,11H,2-7H2,1H3,(H,13,16). The first kappa shape index (κ1) is 15.0. The van der Waals surface area contributed by atoms with E-state index in [0.29, 0.717) is 25.9 Å². The first-order chi connectivity index (χ1) is 9.54. The van der Waals surface area contributed by atoms with Crippen LogP contribution in [0.4, 0.5) is 0 Å². The van der Waals surface area contributed by atoms with Crippen molar-refractivity contribution in [1.82, 2.24) is 14.8 Å². The van der Waals surface area contributed by atoms with Gasteiger partial charge >= 0.3 is 0 Å². The van der Waals surface area contributed by atoms with E-state index in [1.807, 2.05) is 6.92 Å². The van der Waals surface area contributed by atoms with E-state index in [2.05, 4.69) is 15.0 Å². The molecule has 0 saturated carbocycles. The number of nitrogens with zero attached hydrogens (tertiary/aromatic N) is 2. The summed E-state index contributed by atoms with van der Waals surface area (Å²) in [6, 6.07) is -0.582. The van der Waals surface area contributed by atoms with E-state index in [-0.39, 0.29) is 11.7 Å². The topological polar surface area (TPSA) is 92.5 Å². The predicted molar refractivity (Wildman–Crippen MR) is 72.4 cm³/mol. The molecule has 0 radical (unpaired) electrons. The van der Waals surface area contributed by atoms with E-state index in [1.54, 1.807) is 0 Å². The molecule has 1 unspecified atom stereocenters. The second kappa shape index (κ2) is 6.36. The van der Waals surface area contributed by atoms with Crippen molar-refractivity contribution in [3.63, 3.8) is 0 Å². The Labute approximate surface area is 118 Å². The number of rotatable bonds is 6. The van der Waals surface area contributed by atoms with Crippen molar-refractivity contribution in [1.29, 1.82) is 0 Å². The Hall–Kier alpha value is -1.41. The van der Waals surface area contributed by atoms with Crippen molar-refractivity contribution in [3.8, 4) is 0 Å². The van der Waals surface area contributed by atoms with Gasteiger partial charge in [0.2, 0.25) is 15.9 Å². The monoisotopic (exact) mass is 301 g/mol. The zero-order valence-corrected chi connectivity index (χ0v) is 12.2. The van der Waals surface area contributed by atoms with Crippen molar-refractivity contribution in [2.45, 2.75) is 32.2 Å². The van der Waals surface area contributed by atoms with Crippen LogP contribution in [0.25, 0.3) is 0 Å². The molecule has 1 N–H and O–H groups in total. The fraction of sp³-hybridized carbons (Fsp3) is 0.667. The summed E-state index contributed by atoms with van der Waals surface area (Å²) in [6.45, 7) is 2.64. The van der Waals surface area contributed by atoms with Crippen LogP contribution in [0.5, 0.6) is 0 Å². The highest BCUT2D eigenvalue weighted by Gasteiger charge is 2.36. The molecule has 1 aromatic heterocycles. The van der Waals surface area contributed by atoms with Crippen LogP contribution in [0, 0.1) is 0 Å². The minimum atomic E-state index is -3.46. The summed E-state index contributed by atoms with van der Waals surface area (Å²) < 4.78 is 30.8. The third-order valence-corrected chi connectivity index (χ3v) is 5.20. The van der Waals surface area contributed by atoms with Crippen LogP contribution < -0.4 is 5.32 Å². The Morgan fingerprint density at radius 2 is 2.35 bits per heavy atom. The summed E-state index contributed by atoms with van der Waals surface area (Å²) in [6.07, 6.45) is 4.57. The van der Waals surface area contributed by atoms with Gasteiger partial charge in [0.25, 0.3) is 0 Å². The molecule has 1 amide bonds. The number of hydrogen-bond donors (Lipinski definition) is 1. The lowest BCUT2D eigenvalue weighted by molar-refractivity contribution is -0.126. The molecule has 1 fully saturated rings. The van der Waals surface area contributed by atoms with Crippen molar-refractivity contribution >= 4 is 15.9 Å². The van der Waals surface area contributed by atoms with Gasteiger partial charge in [0.05, 0.1) is 11.9 Å². The minimum absolute atomic E-state index is 0.0400. The van der Waals surface area contributed by atoms with Crippen LogP contribution in [0.3, 0.4) is 0 Å². The normalized spacial score (nSPS) is 20.9. The molecular weight excluding hydrogens is 282 g/mol. The molecule has 1 atom stereocenters. The van der Waals surface area contributed by atoms with Crippen LogP contribution in [0.2, 0.25) is 0 Å². The molecule has 1 aromatic rings. The van der Waals surface area contributed by atoms with Crippen LogP contribution in [0.1, 0.15) is 25.3 Å². The van der Waals surface area contributed by atoms with Gasteiger partial charge < -0.3 is 9.84 Å². The first-order valence-corrected chi connectivity index (χ1v) is 8.31. The van der Waals surface area contributed by atoms with Crippen molar-refractivity contribution in [2.24, 2.45) is 0 Å². The predicted octanol–water partition coefficient (Wildman–Crippen LogP) is 0.147. The average molecular weight is 301 g/mol. The fourth-order valence-corrected chi connectivity index (χ4v) is 3.98. The van der Waals surface area contributed by atoms with Gasteiger partial charge in [0, 0.05) is 18.7 Å². The summed E-state index contributed by atoms with van der Waals surface area (Å²) in [4.78, 5) is 11.8. The second-order valence-electron chi connectivity index (χ2n) is 4.80. The van der Waals surface area contributed by atoms with E-state index in [0.717, 1.165) is 12.0 Å². The summed E-state index contributed by atoms with van der Waals surface area (Å²) in [5, 5.41) is 6.26. The van der Waals surface area contributed by atoms with Gasteiger partial charge in [0.1, 0.15) is 12.3 Å². The lowest BCUT2D eigenvalue weighted by Crippen LogP contribution is -2.57. The molecule has 0 aliphatic carbocycles. The average Bonchev–Trinajstić information content (AvgIpc) is 2.92. The largest absolute Gasteiger partial charge is 0.364 e. The fourth-order valence-electron chi connectivity index (χ4n) is 2.29. The maximum absolute atomic E-state index is 12.4.